The third kappa shape index (κ3) is 2.24. The molecule has 0 saturated heterocycles. The maximum absolute atomic E-state index is 6.24. The van der Waals surface area contributed by atoms with Crippen LogP contribution in [0.4, 0.5) is 0 Å². The molecular weight excluding hydrogens is 247 g/mol. The molecule has 0 heterocycles. The van der Waals surface area contributed by atoms with E-state index in [1.807, 2.05) is 25.2 Å². The van der Waals surface area contributed by atoms with Crippen molar-refractivity contribution in [2.75, 3.05) is 0 Å². The molecule has 11 heavy (non-hydrogen) atoms. The molecule has 2 unspecified atom stereocenters. The van der Waals surface area contributed by atoms with E-state index in [0.717, 1.165) is 11.5 Å². The summed E-state index contributed by atoms with van der Waals surface area (Å²) in [4.78, 5) is -0.0350. The molecule has 1 aliphatic rings. The molecule has 0 amide bonds. The van der Waals surface area contributed by atoms with Crippen molar-refractivity contribution in [3.63, 3.8) is 0 Å². The zero-order valence-corrected chi connectivity index (χ0v) is 9.25. The number of rotatable bonds is 1. The molecule has 1 aliphatic carbocycles. The molecule has 0 N–H and O–H groups in total. The highest BCUT2D eigenvalue weighted by Crippen LogP contribution is 2.35. The summed E-state index contributed by atoms with van der Waals surface area (Å²) in [7, 11) is 0. The Morgan fingerprint density at radius 3 is 2.73 bits per heavy atom. The second kappa shape index (κ2) is 3.51. The zero-order chi connectivity index (χ0) is 8.48. The number of hydrogen-bond acceptors (Lipinski definition) is 0. The van der Waals surface area contributed by atoms with Gasteiger partial charge in [-0.3, -0.25) is 0 Å². The average Bonchev–Trinajstić information content (AvgIpc) is 1.95. The maximum atomic E-state index is 6.24. The van der Waals surface area contributed by atoms with Gasteiger partial charge in [-0.25, -0.2) is 0 Å². The van der Waals surface area contributed by atoms with Gasteiger partial charge in [0.2, 0.25) is 0 Å². The van der Waals surface area contributed by atoms with Crippen molar-refractivity contribution in [2.24, 2.45) is 0 Å². The highest BCUT2D eigenvalue weighted by molar-refractivity contribution is 9.09. The normalized spacial score (nSPS) is 33.3. The van der Waals surface area contributed by atoms with Gasteiger partial charge in [0.1, 0.15) is 0 Å². The molecule has 2 atom stereocenters. The van der Waals surface area contributed by atoms with Crippen molar-refractivity contribution in [1.29, 1.82) is 0 Å². The van der Waals surface area contributed by atoms with Crippen molar-refractivity contribution in [1.82, 2.24) is 0 Å². The summed E-state index contributed by atoms with van der Waals surface area (Å²) in [5.41, 5.74) is 0. The Bertz CT molecular complexity index is 208. The summed E-state index contributed by atoms with van der Waals surface area (Å²) >= 11 is 15.4. The van der Waals surface area contributed by atoms with Gasteiger partial charge >= 0.3 is 0 Å². The van der Waals surface area contributed by atoms with Crippen LogP contribution in [0.3, 0.4) is 0 Å². The first-order valence-corrected chi connectivity index (χ1v) is 5.09. The molecule has 0 fully saturated rings. The number of allylic oxidation sites excluding steroid dienone is 4. The van der Waals surface area contributed by atoms with E-state index in [4.69, 9.17) is 23.2 Å². The van der Waals surface area contributed by atoms with Crippen LogP contribution in [-0.4, -0.2) is 9.70 Å². The molecule has 0 aliphatic heterocycles. The Morgan fingerprint density at radius 1 is 1.73 bits per heavy atom. The first kappa shape index (κ1) is 9.63. The summed E-state index contributed by atoms with van der Waals surface area (Å²) in [6.45, 7) is 2.03. The molecule has 0 spiro atoms. The van der Waals surface area contributed by atoms with Crippen LogP contribution < -0.4 is 0 Å². The molecule has 0 aromatic carbocycles. The van der Waals surface area contributed by atoms with Crippen molar-refractivity contribution in [3.05, 3.63) is 23.3 Å². The first-order valence-electron chi connectivity index (χ1n) is 3.42. The minimum absolute atomic E-state index is 0.258. The van der Waals surface area contributed by atoms with E-state index in [9.17, 15) is 0 Å². The van der Waals surface area contributed by atoms with Gasteiger partial charge in [0, 0.05) is 9.86 Å². The highest BCUT2D eigenvalue weighted by atomic mass is 79.9. The van der Waals surface area contributed by atoms with Gasteiger partial charge in [0.25, 0.3) is 0 Å². The monoisotopic (exact) mass is 254 g/mol. The standard InChI is InChI=1S/C8H9BrCl2/c1-6(9)8(11)4-2-7(10)3-5-8/h2-4,6H,5H2,1H3. The van der Waals surface area contributed by atoms with E-state index in [0.29, 0.717) is 0 Å². The molecule has 0 aromatic rings. The topological polar surface area (TPSA) is 0 Å². The molecule has 62 valence electrons. The molecule has 0 saturated carbocycles. The highest BCUT2D eigenvalue weighted by Gasteiger charge is 2.30. The number of halogens is 3. The third-order valence-corrected chi connectivity index (χ3v) is 3.76. The summed E-state index contributed by atoms with van der Waals surface area (Å²) in [5.74, 6) is 0. The number of alkyl halides is 2. The summed E-state index contributed by atoms with van der Waals surface area (Å²) in [5, 5.41) is 0.773. The predicted octanol–water partition coefficient (Wildman–Crippen LogP) is 3.83. The lowest BCUT2D eigenvalue weighted by Crippen LogP contribution is -2.28. The zero-order valence-electron chi connectivity index (χ0n) is 6.15. The largest absolute Gasteiger partial charge is 0.113 e. The van der Waals surface area contributed by atoms with Crippen molar-refractivity contribution >= 4 is 39.1 Å². The summed E-state index contributed by atoms with van der Waals surface area (Å²) in [6.07, 6.45) is 6.51. The lowest BCUT2D eigenvalue weighted by molar-refractivity contribution is 0.698. The Labute approximate surface area is 85.4 Å². The molecule has 0 aromatic heterocycles. The summed E-state index contributed by atoms with van der Waals surface area (Å²) in [6, 6.07) is 0. The molecular formula is C8H9BrCl2. The minimum atomic E-state index is -0.293. The van der Waals surface area contributed by atoms with Crippen molar-refractivity contribution < 1.29 is 0 Å². The third-order valence-electron chi connectivity index (χ3n) is 1.79. The van der Waals surface area contributed by atoms with Gasteiger partial charge in [-0.05, 0) is 12.5 Å². The lowest BCUT2D eigenvalue weighted by atomic mass is 9.97. The van der Waals surface area contributed by atoms with E-state index in [1.54, 1.807) is 0 Å². The Balaban J connectivity index is 2.74. The fourth-order valence-corrected chi connectivity index (χ4v) is 1.52. The van der Waals surface area contributed by atoms with Crippen LogP contribution in [0.15, 0.2) is 23.3 Å². The van der Waals surface area contributed by atoms with E-state index < -0.39 is 0 Å². The van der Waals surface area contributed by atoms with Crippen LogP contribution in [0.2, 0.25) is 0 Å². The average molecular weight is 256 g/mol. The van der Waals surface area contributed by atoms with E-state index in [-0.39, 0.29) is 9.70 Å². The first-order chi connectivity index (χ1) is 5.04. The van der Waals surface area contributed by atoms with Gasteiger partial charge < -0.3 is 0 Å². The van der Waals surface area contributed by atoms with Crippen LogP contribution in [0.25, 0.3) is 0 Å². The van der Waals surface area contributed by atoms with Crippen molar-refractivity contribution in [2.45, 2.75) is 23.0 Å². The fraction of sp³-hybridized carbons (Fsp3) is 0.500. The molecule has 0 radical (unpaired) electrons. The van der Waals surface area contributed by atoms with Crippen molar-refractivity contribution in [3.8, 4) is 0 Å². The quantitative estimate of drug-likeness (QED) is 0.625. The molecule has 0 bridgehead atoms. The van der Waals surface area contributed by atoms with Crippen LogP contribution in [0.5, 0.6) is 0 Å². The second-order valence-electron chi connectivity index (χ2n) is 2.67. The van der Waals surface area contributed by atoms with E-state index in [1.165, 1.54) is 0 Å². The maximum Gasteiger partial charge on any atom is 0.0786 e. The molecule has 1 rings (SSSR count). The smallest absolute Gasteiger partial charge is 0.0786 e. The summed E-state index contributed by atoms with van der Waals surface area (Å²) < 4.78 is 0. The Morgan fingerprint density at radius 2 is 2.36 bits per heavy atom. The second-order valence-corrected chi connectivity index (χ2v) is 5.18. The van der Waals surface area contributed by atoms with Crippen LogP contribution >= 0.6 is 39.1 Å². The van der Waals surface area contributed by atoms with E-state index in [2.05, 4.69) is 15.9 Å². The Hall–Kier alpha value is 0.540. The lowest BCUT2D eigenvalue weighted by Gasteiger charge is -2.27. The van der Waals surface area contributed by atoms with Gasteiger partial charge in [-0.1, -0.05) is 46.6 Å². The predicted molar refractivity (Wildman–Crippen MR) is 54.7 cm³/mol. The van der Waals surface area contributed by atoms with Gasteiger partial charge in [0.05, 0.1) is 4.87 Å². The molecule has 0 nitrogen and oxygen atoms in total. The minimum Gasteiger partial charge on any atom is -0.113 e. The van der Waals surface area contributed by atoms with E-state index >= 15 is 0 Å². The van der Waals surface area contributed by atoms with Gasteiger partial charge in [-0.15, -0.1) is 11.6 Å². The SMILES string of the molecule is CC(Br)C1(Cl)C=CC(Cl)=CC1. The van der Waals surface area contributed by atoms with Crippen LogP contribution in [-0.2, 0) is 0 Å². The number of hydrogen-bond donors (Lipinski definition) is 0. The van der Waals surface area contributed by atoms with Gasteiger partial charge in [-0.2, -0.15) is 0 Å². The fourth-order valence-electron chi connectivity index (χ4n) is 0.903. The molecule has 3 heteroatoms. The van der Waals surface area contributed by atoms with Crippen LogP contribution in [0.1, 0.15) is 13.3 Å². The van der Waals surface area contributed by atoms with Gasteiger partial charge in [0.15, 0.2) is 0 Å². The van der Waals surface area contributed by atoms with Crippen LogP contribution in [0, 0.1) is 0 Å². The Kier molecular flexibility index (Phi) is 3.07.